The van der Waals surface area contributed by atoms with E-state index in [0.717, 1.165) is 6.04 Å². The minimum absolute atomic E-state index is 0.810. The third kappa shape index (κ3) is 5.55. The molecule has 0 saturated carbocycles. The van der Waals surface area contributed by atoms with Crippen LogP contribution in [0.1, 0.15) is 19.3 Å². The maximum atomic E-state index is 3.62. The Kier molecular flexibility index (Phi) is 5.83. The molecule has 3 heteroatoms. The van der Waals surface area contributed by atoms with Crippen LogP contribution >= 0.6 is 11.8 Å². The number of nitrogens with one attached hydrogen (secondary N) is 1. The Hall–Kier alpha value is 0.270. The van der Waals surface area contributed by atoms with Gasteiger partial charge in [-0.15, -0.1) is 0 Å². The van der Waals surface area contributed by atoms with Crippen molar-refractivity contribution in [1.82, 2.24) is 10.2 Å². The molecule has 0 radical (unpaired) electrons. The zero-order valence-corrected chi connectivity index (χ0v) is 9.70. The first-order valence-electron chi connectivity index (χ1n) is 5.25. The minimum atomic E-state index is 0.810. The largest absolute Gasteiger partial charge is 0.313 e. The summed E-state index contributed by atoms with van der Waals surface area (Å²) in [6.07, 6.45) is 4.01. The summed E-state index contributed by atoms with van der Waals surface area (Å²) in [5.41, 5.74) is 0. The van der Waals surface area contributed by atoms with Crippen molar-refractivity contribution in [1.29, 1.82) is 0 Å². The summed E-state index contributed by atoms with van der Waals surface area (Å²) in [5, 5.41) is 3.62. The van der Waals surface area contributed by atoms with Gasteiger partial charge in [0, 0.05) is 11.8 Å². The van der Waals surface area contributed by atoms with E-state index in [9.17, 15) is 0 Å². The number of unbranched alkanes of at least 4 members (excludes halogenated alkanes) is 1. The molecule has 1 heterocycles. The summed E-state index contributed by atoms with van der Waals surface area (Å²) in [6, 6.07) is 0.810. The predicted octanol–water partition coefficient (Wildman–Crippen LogP) is 1.42. The standard InChI is InChI=1S/C10H22N2S/c1-12(2)7-4-3-6-11-10-5-8-13-9-10/h10-11H,3-9H2,1-2H3. The number of nitrogens with zero attached hydrogens (tertiary/aromatic N) is 1. The lowest BCUT2D eigenvalue weighted by Gasteiger charge is -2.12. The Balaban J connectivity index is 1.83. The summed E-state index contributed by atoms with van der Waals surface area (Å²) in [5.74, 6) is 2.68. The fraction of sp³-hybridized carbons (Fsp3) is 1.00. The van der Waals surface area contributed by atoms with Gasteiger partial charge in [-0.2, -0.15) is 11.8 Å². The summed E-state index contributed by atoms with van der Waals surface area (Å²) in [4.78, 5) is 2.26. The van der Waals surface area contributed by atoms with E-state index in [1.807, 2.05) is 0 Å². The SMILES string of the molecule is CN(C)CCCCNC1CCSC1. The van der Waals surface area contributed by atoms with Gasteiger partial charge >= 0.3 is 0 Å². The predicted molar refractivity (Wildman–Crippen MR) is 61.5 cm³/mol. The van der Waals surface area contributed by atoms with E-state index in [0.29, 0.717) is 0 Å². The maximum absolute atomic E-state index is 3.62. The molecule has 1 saturated heterocycles. The zero-order valence-electron chi connectivity index (χ0n) is 8.88. The highest BCUT2D eigenvalue weighted by Gasteiger charge is 2.13. The Morgan fingerprint density at radius 1 is 1.38 bits per heavy atom. The van der Waals surface area contributed by atoms with Crippen molar-refractivity contribution in [3.05, 3.63) is 0 Å². The molecule has 0 amide bonds. The molecular formula is C10H22N2S. The highest BCUT2D eigenvalue weighted by atomic mass is 32.2. The molecule has 0 spiro atoms. The smallest absolute Gasteiger partial charge is 0.0166 e. The van der Waals surface area contributed by atoms with Gasteiger partial charge in [-0.25, -0.2) is 0 Å². The fourth-order valence-corrected chi connectivity index (χ4v) is 2.74. The molecule has 1 fully saturated rings. The Bertz CT molecular complexity index is 122. The average molecular weight is 202 g/mol. The lowest BCUT2D eigenvalue weighted by atomic mass is 10.2. The van der Waals surface area contributed by atoms with Gasteiger partial charge in [-0.1, -0.05) is 0 Å². The van der Waals surface area contributed by atoms with Crippen LogP contribution in [0, 0.1) is 0 Å². The van der Waals surface area contributed by atoms with E-state index in [2.05, 4.69) is 36.1 Å². The van der Waals surface area contributed by atoms with Crippen molar-refractivity contribution < 1.29 is 0 Å². The second-order valence-electron chi connectivity index (χ2n) is 4.03. The minimum Gasteiger partial charge on any atom is -0.313 e. The van der Waals surface area contributed by atoms with E-state index < -0.39 is 0 Å². The van der Waals surface area contributed by atoms with Gasteiger partial charge in [0.2, 0.25) is 0 Å². The summed E-state index contributed by atoms with van der Waals surface area (Å²) in [7, 11) is 4.28. The van der Waals surface area contributed by atoms with Crippen LogP contribution in [0.4, 0.5) is 0 Å². The lowest BCUT2D eigenvalue weighted by molar-refractivity contribution is 0.389. The molecule has 0 aromatic carbocycles. The molecule has 1 unspecified atom stereocenters. The van der Waals surface area contributed by atoms with Crippen LogP contribution in [0.5, 0.6) is 0 Å². The molecule has 0 bridgehead atoms. The average Bonchev–Trinajstić information content (AvgIpc) is 2.55. The molecule has 1 rings (SSSR count). The highest BCUT2D eigenvalue weighted by molar-refractivity contribution is 7.99. The lowest BCUT2D eigenvalue weighted by Crippen LogP contribution is -2.29. The highest BCUT2D eigenvalue weighted by Crippen LogP contribution is 2.16. The van der Waals surface area contributed by atoms with Gasteiger partial charge in [-0.3, -0.25) is 0 Å². The number of rotatable bonds is 6. The number of thioether (sulfide) groups is 1. The monoisotopic (exact) mass is 202 g/mol. The van der Waals surface area contributed by atoms with Crippen LogP contribution in [-0.2, 0) is 0 Å². The summed E-state index contributed by atoms with van der Waals surface area (Å²) < 4.78 is 0. The van der Waals surface area contributed by atoms with Crippen molar-refractivity contribution in [2.45, 2.75) is 25.3 Å². The third-order valence-corrected chi connectivity index (χ3v) is 3.56. The van der Waals surface area contributed by atoms with Gasteiger partial charge in [-0.05, 0) is 52.2 Å². The van der Waals surface area contributed by atoms with Gasteiger partial charge in [0.05, 0.1) is 0 Å². The second kappa shape index (κ2) is 6.68. The molecule has 2 nitrogen and oxygen atoms in total. The Morgan fingerprint density at radius 2 is 2.23 bits per heavy atom. The molecule has 13 heavy (non-hydrogen) atoms. The van der Waals surface area contributed by atoms with E-state index in [1.165, 1.54) is 43.9 Å². The maximum Gasteiger partial charge on any atom is 0.0166 e. The molecule has 0 aliphatic carbocycles. The molecule has 0 aromatic heterocycles. The van der Waals surface area contributed by atoms with Crippen LogP contribution in [0.15, 0.2) is 0 Å². The molecule has 1 aliphatic heterocycles. The third-order valence-electron chi connectivity index (χ3n) is 2.39. The van der Waals surface area contributed by atoms with E-state index in [-0.39, 0.29) is 0 Å². The Labute approximate surface area is 86.5 Å². The molecule has 1 N–H and O–H groups in total. The number of hydrogen-bond donors (Lipinski definition) is 1. The topological polar surface area (TPSA) is 15.3 Å². The van der Waals surface area contributed by atoms with Crippen molar-refractivity contribution in [2.24, 2.45) is 0 Å². The molecule has 1 atom stereocenters. The normalized spacial score (nSPS) is 22.8. The van der Waals surface area contributed by atoms with Crippen molar-refractivity contribution >= 4 is 11.8 Å². The quantitative estimate of drug-likeness (QED) is 0.656. The van der Waals surface area contributed by atoms with Crippen LogP contribution in [0.2, 0.25) is 0 Å². The van der Waals surface area contributed by atoms with Crippen LogP contribution in [0.25, 0.3) is 0 Å². The van der Waals surface area contributed by atoms with Gasteiger partial charge in [0.1, 0.15) is 0 Å². The molecular weight excluding hydrogens is 180 g/mol. The van der Waals surface area contributed by atoms with Crippen LogP contribution < -0.4 is 5.32 Å². The van der Waals surface area contributed by atoms with Crippen LogP contribution in [-0.4, -0.2) is 49.6 Å². The summed E-state index contributed by atoms with van der Waals surface area (Å²) >= 11 is 2.08. The van der Waals surface area contributed by atoms with Gasteiger partial charge in [0.25, 0.3) is 0 Å². The van der Waals surface area contributed by atoms with Crippen molar-refractivity contribution in [3.8, 4) is 0 Å². The van der Waals surface area contributed by atoms with E-state index in [4.69, 9.17) is 0 Å². The first-order chi connectivity index (χ1) is 6.29. The van der Waals surface area contributed by atoms with Gasteiger partial charge < -0.3 is 10.2 Å². The first kappa shape index (κ1) is 11.3. The van der Waals surface area contributed by atoms with Gasteiger partial charge in [0.15, 0.2) is 0 Å². The summed E-state index contributed by atoms with van der Waals surface area (Å²) in [6.45, 7) is 2.43. The zero-order chi connectivity index (χ0) is 9.52. The van der Waals surface area contributed by atoms with E-state index >= 15 is 0 Å². The first-order valence-corrected chi connectivity index (χ1v) is 6.40. The molecule has 0 aromatic rings. The van der Waals surface area contributed by atoms with Crippen molar-refractivity contribution in [2.75, 3.05) is 38.7 Å². The fourth-order valence-electron chi connectivity index (χ4n) is 1.55. The second-order valence-corrected chi connectivity index (χ2v) is 5.17. The molecule has 1 aliphatic rings. The van der Waals surface area contributed by atoms with Crippen LogP contribution in [0.3, 0.4) is 0 Å². The van der Waals surface area contributed by atoms with Crippen molar-refractivity contribution in [3.63, 3.8) is 0 Å². The van der Waals surface area contributed by atoms with E-state index in [1.54, 1.807) is 0 Å². The molecule has 78 valence electrons. The number of hydrogen-bond acceptors (Lipinski definition) is 3. The Morgan fingerprint density at radius 3 is 2.85 bits per heavy atom.